The highest BCUT2D eigenvalue weighted by atomic mass is 19.1. The van der Waals surface area contributed by atoms with Crippen molar-refractivity contribution in [1.82, 2.24) is 24.7 Å². The molecule has 12 nitrogen and oxygen atoms in total. The predicted molar refractivity (Wildman–Crippen MR) is 137 cm³/mol. The molecular formula is C26H26FN7O5. The average Bonchev–Trinajstić information content (AvgIpc) is 3.58. The molecule has 0 aliphatic carbocycles. The van der Waals surface area contributed by atoms with Gasteiger partial charge in [-0.25, -0.2) is 13.7 Å². The van der Waals surface area contributed by atoms with Crippen LogP contribution in [0.25, 0.3) is 16.9 Å². The smallest absolute Gasteiger partial charge is 0.409 e. The summed E-state index contributed by atoms with van der Waals surface area (Å²) in [5.74, 6) is -0.543. The lowest BCUT2D eigenvalue weighted by atomic mass is 10.0. The number of anilines is 2. The minimum Gasteiger partial charge on any atom is -0.453 e. The van der Waals surface area contributed by atoms with E-state index in [1.165, 1.54) is 24.3 Å². The fourth-order valence-corrected chi connectivity index (χ4v) is 4.72. The quantitative estimate of drug-likeness (QED) is 0.410. The van der Waals surface area contributed by atoms with Gasteiger partial charge in [0.1, 0.15) is 5.82 Å². The Labute approximate surface area is 222 Å². The van der Waals surface area contributed by atoms with Gasteiger partial charge in [-0.1, -0.05) is 5.16 Å². The molecule has 0 saturated carbocycles. The second-order valence-corrected chi connectivity index (χ2v) is 9.49. The zero-order valence-corrected chi connectivity index (χ0v) is 21.4. The molecule has 3 aromatic heterocycles. The Kier molecular flexibility index (Phi) is 6.35. The number of hydrogen-bond acceptors (Lipinski definition) is 9. The maximum absolute atomic E-state index is 14.9. The van der Waals surface area contributed by atoms with E-state index in [1.807, 2.05) is 18.3 Å². The minimum absolute atomic E-state index is 0.127. The van der Waals surface area contributed by atoms with Gasteiger partial charge in [-0.2, -0.15) is 10.1 Å². The van der Waals surface area contributed by atoms with Crippen molar-refractivity contribution in [2.45, 2.75) is 12.8 Å². The van der Waals surface area contributed by atoms with Crippen molar-refractivity contribution < 1.29 is 28.0 Å². The van der Waals surface area contributed by atoms with E-state index in [0.717, 1.165) is 18.8 Å². The molecule has 2 aliphatic rings. The molecule has 4 aromatic rings. The van der Waals surface area contributed by atoms with Crippen LogP contribution in [0.4, 0.5) is 20.6 Å². The molecule has 0 unspecified atom stereocenters. The first kappa shape index (κ1) is 24.8. The summed E-state index contributed by atoms with van der Waals surface area (Å²) in [5.41, 5.74) is 2.87. The predicted octanol–water partition coefficient (Wildman–Crippen LogP) is 3.09. The molecule has 0 radical (unpaired) electrons. The fourth-order valence-electron chi connectivity index (χ4n) is 4.72. The first-order valence-corrected chi connectivity index (χ1v) is 12.5. The molecule has 0 spiro atoms. The van der Waals surface area contributed by atoms with E-state index in [-0.39, 0.29) is 23.0 Å². The zero-order valence-electron chi connectivity index (χ0n) is 21.4. The molecule has 5 heterocycles. The Morgan fingerprint density at radius 2 is 1.97 bits per heavy atom. The first-order valence-electron chi connectivity index (χ1n) is 12.5. The Bertz CT molecular complexity index is 1560. The summed E-state index contributed by atoms with van der Waals surface area (Å²) in [6, 6.07) is 6.77. The lowest BCUT2D eigenvalue weighted by Crippen LogP contribution is -2.48. The van der Waals surface area contributed by atoms with Gasteiger partial charge >= 0.3 is 6.09 Å². The van der Waals surface area contributed by atoms with E-state index in [4.69, 9.17) is 14.0 Å². The Morgan fingerprint density at radius 1 is 1.18 bits per heavy atom. The molecule has 39 heavy (non-hydrogen) atoms. The fraction of sp³-hybridized carbons (Fsp3) is 0.346. The number of benzene rings is 1. The summed E-state index contributed by atoms with van der Waals surface area (Å²) in [6.07, 6.45) is 2.88. The maximum atomic E-state index is 14.9. The molecular weight excluding hydrogens is 509 g/mol. The second kappa shape index (κ2) is 9.98. The van der Waals surface area contributed by atoms with E-state index in [1.54, 1.807) is 17.5 Å². The number of methoxy groups -OCH3 is 1. The highest BCUT2D eigenvalue weighted by Crippen LogP contribution is 2.31. The number of nitrogens with one attached hydrogen (secondary N) is 1. The van der Waals surface area contributed by atoms with Crippen LogP contribution >= 0.6 is 0 Å². The van der Waals surface area contributed by atoms with Gasteiger partial charge in [-0.15, -0.1) is 0 Å². The van der Waals surface area contributed by atoms with Crippen molar-refractivity contribution in [3.05, 3.63) is 59.5 Å². The number of pyridine rings is 1. The number of amides is 2. The highest BCUT2D eigenvalue weighted by molar-refractivity contribution is 6.09. The van der Waals surface area contributed by atoms with Gasteiger partial charge in [-0.3, -0.25) is 4.79 Å². The number of carbonyl (C=O) groups excluding carboxylic acids is 2. The summed E-state index contributed by atoms with van der Waals surface area (Å²) < 4.78 is 32.1. The highest BCUT2D eigenvalue weighted by Gasteiger charge is 2.36. The first-order chi connectivity index (χ1) is 18.9. The van der Waals surface area contributed by atoms with Gasteiger partial charge < -0.3 is 29.1 Å². The van der Waals surface area contributed by atoms with Crippen LogP contribution in [0.15, 0.2) is 41.2 Å². The summed E-state index contributed by atoms with van der Waals surface area (Å²) in [5, 5.41) is 11.1. The van der Waals surface area contributed by atoms with Crippen molar-refractivity contribution in [3.63, 3.8) is 0 Å². The zero-order chi connectivity index (χ0) is 27.1. The molecule has 2 aliphatic heterocycles. The molecule has 2 fully saturated rings. The molecule has 1 N–H and O–H groups in total. The molecule has 1 aromatic carbocycles. The summed E-state index contributed by atoms with van der Waals surface area (Å²) in [7, 11) is 1.32. The summed E-state index contributed by atoms with van der Waals surface area (Å²) in [6.45, 7) is 5.19. The summed E-state index contributed by atoms with van der Waals surface area (Å²) >= 11 is 0. The number of hydrogen-bond donors (Lipinski definition) is 1. The largest absolute Gasteiger partial charge is 0.453 e. The standard InChI is InChI=1S/C26H26FN7O5/c1-15-20(27)9-16(23-30-25(39-31-23)17-13-33(14-17)26(36)37-2)10-21(15)29-24(35)19-12-28-34-4-3-18(11-22(19)34)32-5-7-38-8-6-32/h3-4,9-12,17H,5-8,13-14H2,1-2H3,(H,29,35). The monoisotopic (exact) mass is 535 g/mol. The SMILES string of the molecule is COC(=O)N1CC(c2nc(-c3cc(F)c(C)c(NC(=O)c4cnn5ccc(N6CCOCC6)cc45)c3)no2)C1. The topological polar surface area (TPSA) is 127 Å². The third-order valence-electron chi connectivity index (χ3n) is 7.08. The lowest BCUT2D eigenvalue weighted by Gasteiger charge is -2.35. The van der Waals surface area contributed by atoms with Crippen LogP contribution in [-0.4, -0.2) is 83.2 Å². The minimum atomic E-state index is -0.524. The van der Waals surface area contributed by atoms with Gasteiger partial charge in [0.2, 0.25) is 11.7 Å². The van der Waals surface area contributed by atoms with Crippen LogP contribution in [0.1, 0.15) is 27.7 Å². The van der Waals surface area contributed by atoms with Crippen molar-refractivity contribution >= 4 is 28.9 Å². The van der Waals surface area contributed by atoms with Gasteiger partial charge in [0.25, 0.3) is 5.91 Å². The van der Waals surface area contributed by atoms with Gasteiger partial charge in [0, 0.05) is 54.9 Å². The number of rotatable bonds is 5. The van der Waals surface area contributed by atoms with Crippen LogP contribution in [0.2, 0.25) is 0 Å². The van der Waals surface area contributed by atoms with E-state index in [9.17, 15) is 14.0 Å². The summed E-state index contributed by atoms with van der Waals surface area (Å²) in [4.78, 5) is 33.0. The number of halogens is 1. The Hall–Kier alpha value is -4.52. The number of morpholine rings is 1. The molecule has 6 rings (SSSR count). The molecule has 2 saturated heterocycles. The normalized spacial score (nSPS) is 15.9. The third kappa shape index (κ3) is 4.65. The maximum Gasteiger partial charge on any atom is 0.409 e. The van der Waals surface area contributed by atoms with Crippen LogP contribution in [0.5, 0.6) is 0 Å². The number of aromatic nitrogens is 4. The Balaban J connectivity index is 1.23. The molecule has 13 heteroatoms. The Morgan fingerprint density at radius 3 is 2.74 bits per heavy atom. The number of fused-ring (bicyclic) bond motifs is 1. The number of nitrogens with zero attached hydrogens (tertiary/aromatic N) is 6. The molecule has 2 amide bonds. The number of carbonyl (C=O) groups is 2. The molecule has 202 valence electrons. The van der Waals surface area contributed by atoms with Crippen LogP contribution in [0, 0.1) is 12.7 Å². The van der Waals surface area contributed by atoms with Crippen molar-refractivity contribution in [3.8, 4) is 11.4 Å². The van der Waals surface area contributed by atoms with Crippen molar-refractivity contribution in [1.29, 1.82) is 0 Å². The number of ether oxygens (including phenoxy) is 2. The van der Waals surface area contributed by atoms with Gasteiger partial charge in [0.05, 0.1) is 43.5 Å². The number of likely N-dealkylation sites (tertiary alicyclic amines) is 1. The van der Waals surface area contributed by atoms with Crippen molar-refractivity contribution in [2.75, 3.05) is 56.7 Å². The van der Waals surface area contributed by atoms with Crippen LogP contribution in [0.3, 0.4) is 0 Å². The van der Waals surface area contributed by atoms with E-state index >= 15 is 0 Å². The van der Waals surface area contributed by atoms with Crippen molar-refractivity contribution in [2.24, 2.45) is 0 Å². The second-order valence-electron chi connectivity index (χ2n) is 9.49. The van der Waals surface area contributed by atoms with Crippen LogP contribution < -0.4 is 10.2 Å². The van der Waals surface area contributed by atoms with Gasteiger partial charge in [-0.05, 0) is 31.2 Å². The van der Waals surface area contributed by atoms with E-state index < -0.39 is 17.8 Å². The molecule has 0 atom stereocenters. The lowest BCUT2D eigenvalue weighted by molar-refractivity contribution is 0.0804. The van der Waals surface area contributed by atoms with E-state index in [2.05, 4.69) is 25.5 Å². The van der Waals surface area contributed by atoms with Crippen LogP contribution in [-0.2, 0) is 9.47 Å². The average molecular weight is 536 g/mol. The molecule has 0 bridgehead atoms. The third-order valence-corrected chi connectivity index (χ3v) is 7.08. The van der Waals surface area contributed by atoms with Gasteiger partial charge in [0.15, 0.2) is 0 Å². The van der Waals surface area contributed by atoms with E-state index in [0.29, 0.717) is 48.8 Å².